The summed E-state index contributed by atoms with van der Waals surface area (Å²) in [5, 5.41) is 0.487. The number of thioether (sulfide) groups is 1. The van der Waals surface area contributed by atoms with Crippen LogP contribution < -0.4 is 0 Å². The fourth-order valence-electron chi connectivity index (χ4n) is 8.13. The van der Waals surface area contributed by atoms with E-state index in [1.54, 1.807) is 22.3 Å². The number of benzene rings is 1. The second kappa shape index (κ2) is 10.4. The van der Waals surface area contributed by atoms with E-state index in [-0.39, 0.29) is 5.92 Å². The Morgan fingerprint density at radius 3 is 2.58 bits per heavy atom. The van der Waals surface area contributed by atoms with Gasteiger partial charge in [0.15, 0.2) is 11.6 Å². The summed E-state index contributed by atoms with van der Waals surface area (Å²) < 4.78 is 0. The van der Waals surface area contributed by atoms with E-state index in [1.807, 2.05) is 11.8 Å². The molecule has 3 nitrogen and oxygen atoms in total. The summed E-state index contributed by atoms with van der Waals surface area (Å²) in [6.45, 7) is 0. The minimum Gasteiger partial charge on any atom is -0.213 e. The van der Waals surface area contributed by atoms with E-state index >= 15 is 0 Å². The van der Waals surface area contributed by atoms with Gasteiger partial charge in [-0.25, -0.2) is 15.0 Å². The zero-order valence-corrected chi connectivity index (χ0v) is 25.2. The van der Waals surface area contributed by atoms with E-state index in [4.69, 9.17) is 15.0 Å². The molecule has 6 aliphatic carbocycles. The predicted octanol–water partition coefficient (Wildman–Crippen LogP) is 9.68. The maximum Gasteiger partial charge on any atom is 0.163 e. The Bertz CT molecular complexity index is 1840. The number of hydrogen-bond acceptors (Lipinski definition) is 4. The van der Waals surface area contributed by atoms with E-state index in [0.29, 0.717) is 5.25 Å². The van der Waals surface area contributed by atoms with Gasteiger partial charge in [-0.3, -0.25) is 0 Å². The highest BCUT2D eigenvalue weighted by molar-refractivity contribution is 8.00. The zero-order valence-electron chi connectivity index (χ0n) is 24.4. The molecule has 3 atom stereocenters. The summed E-state index contributed by atoms with van der Waals surface area (Å²) in [4.78, 5) is 16.9. The maximum atomic E-state index is 5.22. The highest BCUT2D eigenvalue weighted by atomic mass is 32.2. The van der Waals surface area contributed by atoms with Gasteiger partial charge in [-0.2, -0.15) is 0 Å². The average molecular weight is 578 g/mol. The van der Waals surface area contributed by atoms with Crippen LogP contribution in [-0.4, -0.2) is 20.2 Å². The van der Waals surface area contributed by atoms with Crippen molar-refractivity contribution in [3.05, 3.63) is 136 Å². The third kappa shape index (κ3) is 4.45. The first-order valence-electron chi connectivity index (χ1n) is 16.1. The van der Waals surface area contributed by atoms with Crippen molar-refractivity contribution < 1.29 is 0 Å². The summed E-state index contributed by atoms with van der Waals surface area (Å²) in [5.41, 5.74) is 13.3. The molecule has 212 valence electrons. The molecule has 9 rings (SSSR count). The number of allylic oxidation sites excluding steroid dienone is 17. The monoisotopic (exact) mass is 577 g/mol. The van der Waals surface area contributed by atoms with Gasteiger partial charge >= 0.3 is 0 Å². The molecule has 43 heavy (non-hydrogen) atoms. The third-order valence-corrected chi connectivity index (χ3v) is 11.6. The van der Waals surface area contributed by atoms with Crippen molar-refractivity contribution in [3.8, 4) is 0 Å². The van der Waals surface area contributed by atoms with Crippen LogP contribution >= 0.6 is 11.8 Å². The van der Waals surface area contributed by atoms with E-state index < -0.39 is 0 Å². The van der Waals surface area contributed by atoms with Crippen LogP contribution in [-0.2, 0) is 0 Å². The van der Waals surface area contributed by atoms with Gasteiger partial charge < -0.3 is 0 Å². The van der Waals surface area contributed by atoms with Crippen molar-refractivity contribution in [1.82, 2.24) is 15.0 Å². The highest BCUT2D eigenvalue weighted by Gasteiger charge is 2.33. The Kier molecular flexibility index (Phi) is 6.25. The quantitative estimate of drug-likeness (QED) is 0.364. The van der Waals surface area contributed by atoms with E-state index in [0.717, 1.165) is 61.1 Å². The molecule has 3 unspecified atom stereocenters. The molecule has 0 spiro atoms. The maximum absolute atomic E-state index is 5.22. The molecule has 0 saturated carbocycles. The van der Waals surface area contributed by atoms with Gasteiger partial charge in [0.2, 0.25) is 0 Å². The lowest BCUT2D eigenvalue weighted by molar-refractivity contribution is 0.530. The first-order valence-corrected chi connectivity index (χ1v) is 17.0. The molecule has 0 amide bonds. The summed E-state index contributed by atoms with van der Waals surface area (Å²) in [5.74, 6) is 3.52. The smallest absolute Gasteiger partial charge is 0.163 e. The second-order valence-corrected chi connectivity index (χ2v) is 14.0. The summed E-state index contributed by atoms with van der Waals surface area (Å²) >= 11 is 1.99. The van der Waals surface area contributed by atoms with Gasteiger partial charge in [0, 0.05) is 21.6 Å². The van der Waals surface area contributed by atoms with Crippen LogP contribution in [0.5, 0.6) is 0 Å². The zero-order chi connectivity index (χ0) is 28.3. The molecule has 1 aliphatic heterocycles. The SMILES string of the molecule is C1=CCC2CCC3=C(CCC4=C3CCC(c3nc(C5=CCC6Sc7ccccc7C6=C5)nc(C5C=CC=CC5)n3)=C4)C2=C1. The van der Waals surface area contributed by atoms with Crippen molar-refractivity contribution in [2.45, 2.75) is 73.9 Å². The van der Waals surface area contributed by atoms with Gasteiger partial charge in [-0.15, -0.1) is 11.8 Å². The van der Waals surface area contributed by atoms with Crippen molar-refractivity contribution >= 4 is 28.5 Å². The fraction of sp³-hybridized carbons (Fsp3) is 0.308. The number of rotatable bonds is 3. The topological polar surface area (TPSA) is 38.7 Å². The Balaban J connectivity index is 1.11. The van der Waals surface area contributed by atoms with Crippen molar-refractivity contribution in [2.24, 2.45) is 5.92 Å². The normalized spacial score (nSPS) is 26.9. The minimum atomic E-state index is 0.187. The lowest BCUT2D eigenvalue weighted by atomic mass is 9.68. The molecule has 0 radical (unpaired) electrons. The summed E-state index contributed by atoms with van der Waals surface area (Å²) in [6.07, 6.45) is 33.0. The van der Waals surface area contributed by atoms with Gasteiger partial charge in [-0.05, 0) is 120 Å². The second-order valence-electron chi connectivity index (χ2n) is 12.7. The molecule has 2 heterocycles. The van der Waals surface area contributed by atoms with Crippen LogP contribution in [0.2, 0.25) is 0 Å². The van der Waals surface area contributed by atoms with Crippen molar-refractivity contribution in [1.29, 1.82) is 0 Å². The van der Waals surface area contributed by atoms with Crippen LogP contribution in [0, 0.1) is 5.92 Å². The molecule has 0 bridgehead atoms. The Morgan fingerprint density at radius 1 is 0.721 bits per heavy atom. The molecule has 2 aromatic rings. The van der Waals surface area contributed by atoms with Gasteiger partial charge in [0.25, 0.3) is 0 Å². The first kappa shape index (κ1) is 25.7. The first-order chi connectivity index (χ1) is 21.3. The molecule has 0 fully saturated rings. The Morgan fingerprint density at radius 2 is 1.63 bits per heavy atom. The largest absolute Gasteiger partial charge is 0.213 e. The summed E-state index contributed by atoms with van der Waals surface area (Å²) in [6, 6.07) is 8.81. The number of aromatic nitrogens is 3. The van der Waals surface area contributed by atoms with Crippen LogP contribution in [0.15, 0.2) is 118 Å². The molecule has 4 heteroatoms. The number of fused-ring (bicyclic) bond motifs is 6. The standard InChI is InChI=1S/C39H35N3S/c1-2-9-25(10-3-1)37-40-38(42-39(41-37)28-17-21-36-34(23-28)33-12-6-7-13-35(33)43-36)27-16-18-30-26(22-27)15-20-31-29-11-5-4-8-24(29)14-19-32(30)31/h1-7,9,11-13,17,22-25,36H,8,10,14-16,18-21H2. The molecule has 0 N–H and O–H groups in total. The fourth-order valence-corrected chi connectivity index (χ4v) is 9.42. The van der Waals surface area contributed by atoms with Gasteiger partial charge in [0.05, 0.1) is 0 Å². The summed E-state index contributed by atoms with van der Waals surface area (Å²) in [7, 11) is 0. The van der Waals surface area contributed by atoms with E-state index in [1.165, 1.54) is 52.9 Å². The van der Waals surface area contributed by atoms with E-state index in [2.05, 4.69) is 85.0 Å². The Labute approximate surface area is 258 Å². The van der Waals surface area contributed by atoms with E-state index in [9.17, 15) is 0 Å². The third-order valence-electron chi connectivity index (χ3n) is 10.3. The highest BCUT2D eigenvalue weighted by Crippen LogP contribution is 2.51. The molecule has 7 aliphatic rings. The van der Waals surface area contributed by atoms with Crippen LogP contribution in [0.4, 0.5) is 0 Å². The molecule has 1 aromatic heterocycles. The van der Waals surface area contributed by atoms with Crippen LogP contribution in [0.25, 0.3) is 16.7 Å². The van der Waals surface area contributed by atoms with Crippen molar-refractivity contribution in [2.75, 3.05) is 0 Å². The molecule has 0 saturated heterocycles. The average Bonchev–Trinajstić information content (AvgIpc) is 3.46. The number of hydrogen-bond donors (Lipinski definition) is 0. The van der Waals surface area contributed by atoms with Gasteiger partial charge in [0.1, 0.15) is 5.82 Å². The lowest BCUT2D eigenvalue weighted by Gasteiger charge is -2.37. The molecule has 1 aromatic carbocycles. The van der Waals surface area contributed by atoms with Gasteiger partial charge in [-0.1, -0.05) is 72.9 Å². The van der Waals surface area contributed by atoms with Crippen LogP contribution in [0.1, 0.15) is 86.7 Å². The van der Waals surface area contributed by atoms with Crippen LogP contribution in [0.3, 0.4) is 0 Å². The molecular weight excluding hydrogens is 543 g/mol. The minimum absolute atomic E-state index is 0.187. The van der Waals surface area contributed by atoms with Crippen molar-refractivity contribution in [3.63, 3.8) is 0 Å². The lowest BCUT2D eigenvalue weighted by Crippen LogP contribution is -2.20. The predicted molar refractivity (Wildman–Crippen MR) is 177 cm³/mol. The Hall–Kier alpha value is -3.76. The number of nitrogens with zero attached hydrogens (tertiary/aromatic N) is 3. The molecular formula is C39H35N3S.